The van der Waals surface area contributed by atoms with Crippen molar-refractivity contribution in [3.8, 4) is 0 Å². The molecule has 1 rings (SSSR count). The van der Waals surface area contributed by atoms with E-state index in [1.54, 1.807) is 12.1 Å². The van der Waals surface area contributed by atoms with Gasteiger partial charge >= 0.3 is 154 Å². The van der Waals surface area contributed by atoms with Crippen LogP contribution < -0.4 is 169 Å². The molecular weight excluding hydrogens is 503 g/mol. The van der Waals surface area contributed by atoms with Crippen molar-refractivity contribution < 1.29 is 183 Å². The Morgan fingerprint density at radius 2 is 1.50 bits per heavy atom. The van der Waals surface area contributed by atoms with Gasteiger partial charge in [0.2, 0.25) is 0 Å². The maximum absolute atomic E-state index is 11.0. The summed E-state index contributed by atoms with van der Waals surface area (Å²) in [6, 6.07) is 7.37. The Hall–Kier alpha value is 3.65. The van der Waals surface area contributed by atoms with E-state index in [1.165, 1.54) is 23.3 Å². The summed E-state index contributed by atoms with van der Waals surface area (Å²) in [6.45, 7) is 6.20. The Balaban J connectivity index is -0.00000243. The van der Waals surface area contributed by atoms with E-state index < -0.39 is 27.0 Å². The number of benzene rings is 1. The van der Waals surface area contributed by atoms with Crippen LogP contribution in [0.25, 0.3) is 12.2 Å². The molecule has 0 saturated heterocycles. The SMILES string of the molecule is CC(C)=CCC/C(C)=C/c1ccc(/C=C/CC(P(=O)([O-])[O-])P(=O)([O-])O)cc1.[K+].[K+].[K+]. The molecule has 0 saturated carbocycles. The molecule has 0 aromatic heterocycles. The van der Waals surface area contributed by atoms with E-state index in [1.807, 2.05) is 12.1 Å². The zero-order valence-electron chi connectivity index (χ0n) is 18.7. The molecule has 0 aliphatic heterocycles. The average Bonchev–Trinajstić information content (AvgIpc) is 2.50. The third-order valence-corrected chi connectivity index (χ3v) is 7.47. The molecule has 0 heterocycles. The first-order valence-corrected chi connectivity index (χ1v) is 11.8. The van der Waals surface area contributed by atoms with Gasteiger partial charge in [0, 0.05) is 0 Å². The van der Waals surface area contributed by atoms with E-state index in [0.29, 0.717) is 0 Å². The molecule has 2 atom stereocenters. The van der Waals surface area contributed by atoms with Crippen molar-refractivity contribution in [3.05, 3.63) is 58.7 Å². The molecule has 0 aliphatic carbocycles. The first-order chi connectivity index (χ1) is 12.4. The van der Waals surface area contributed by atoms with Gasteiger partial charge in [0.25, 0.3) is 0 Å². The van der Waals surface area contributed by atoms with Crippen molar-refractivity contribution in [1.29, 1.82) is 0 Å². The second-order valence-electron chi connectivity index (χ2n) is 6.70. The van der Waals surface area contributed by atoms with Crippen LogP contribution in [0.3, 0.4) is 0 Å². The summed E-state index contributed by atoms with van der Waals surface area (Å²) in [5, 5.41) is -2.34. The van der Waals surface area contributed by atoms with Crippen LogP contribution in [0.1, 0.15) is 51.2 Å². The van der Waals surface area contributed by atoms with Crippen LogP contribution >= 0.6 is 15.2 Å². The van der Waals surface area contributed by atoms with Gasteiger partial charge in [-0.3, -0.25) is 0 Å². The molecule has 2 unspecified atom stereocenters. The van der Waals surface area contributed by atoms with E-state index in [0.717, 1.165) is 24.0 Å². The number of allylic oxidation sites excluding steroid dienone is 4. The summed E-state index contributed by atoms with van der Waals surface area (Å²) in [4.78, 5) is 41.9. The van der Waals surface area contributed by atoms with Crippen molar-refractivity contribution in [3.63, 3.8) is 0 Å². The Kier molecular flexibility index (Phi) is 24.0. The quantitative estimate of drug-likeness (QED) is 0.193. The van der Waals surface area contributed by atoms with Crippen molar-refractivity contribution in [2.75, 3.05) is 0 Å². The molecule has 150 valence electrons. The minimum absolute atomic E-state index is 0. The summed E-state index contributed by atoms with van der Waals surface area (Å²) < 4.78 is 22.0. The number of rotatable bonds is 9. The van der Waals surface area contributed by atoms with Crippen molar-refractivity contribution in [1.82, 2.24) is 0 Å². The molecule has 0 aliphatic rings. The normalized spacial score (nSPS) is 14.6. The number of hydrogen-bond donors (Lipinski definition) is 1. The number of hydrogen-bond acceptors (Lipinski definition) is 5. The van der Waals surface area contributed by atoms with Gasteiger partial charge < -0.3 is 28.7 Å². The fourth-order valence-corrected chi connectivity index (χ4v) is 4.61. The second kappa shape index (κ2) is 18.9. The molecule has 1 aromatic carbocycles. The summed E-state index contributed by atoms with van der Waals surface area (Å²) in [7, 11) is -10.7. The Bertz CT molecular complexity index is 784. The third kappa shape index (κ3) is 17.1. The molecule has 0 amide bonds. The molecule has 6 nitrogen and oxygen atoms in total. The predicted molar refractivity (Wildman–Crippen MR) is 104 cm³/mol. The van der Waals surface area contributed by atoms with E-state index >= 15 is 0 Å². The fourth-order valence-electron chi connectivity index (χ4n) is 2.42. The van der Waals surface area contributed by atoms with Crippen LogP contribution in [0, 0.1) is 0 Å². The van der Waals surface area contributed by atoms with Crippen LogP contribution in [0.4, 0.5) is 0 Å². The largest absolute Gasteiger partial charge is 1.00 e. The van der Waals surface area contributed by atoms with Crippen LogP contribution in [0.15, 0.2) is 47.6 Å². The minimum Gasteiger partial charge on any atom is -0.810 e. The van der Waals surface area contributed by atoms with Crippen LogP contribution in [0.5, 0.6) is 0 Å². The molecule has 30 heavy (non-hydrogen) atoms. The summed E-state index contributed by atoms with van der Waals surface area (Å²) in [5.41, 5.74) is 4.27. The van der Waals surface area contributed by atoms with Crippen LogP contribution in [-0.2, 0) is 9.13 Å². The Morgan fingerprint density at radius 3 is 1.93 bits per heavy atom. The van der Waals surface area contributed by atoms with Gasteiger partial charge in [0.05, 0.1) is 5.40 Å². The van der Waals surface area contributed by atoms with Crippen molar-refractivity contribution in [2.45, 2.75) is 45.4 Å². The zero-order chi connectivity index (χ0) is 20.7. The third-order valence-electron chi connectivity index (χ3n) is 3.84. The maximum atomic E-state index is 11.0. The fraction of sp³-hybridized carbons (Fsp3) is 0.368. The van der Waals surface area contributed by atoms with Gasteiger partial charge in [-0.2, -0.15) is 0 Å². The zero-order valence-corrected chi connectivity index (χ0v) is 29.9. The summed E-state index contributed by atoms with van der Waals surface area (Å²) in [6.07, 6.45) is 8.39. The first-order valence-electron chi connectivity index (χ1n) is 8.52. The van der Waals surface area contributed by atoms with Gasteiger partial charge in [-0.25, -0.2) is 0 Å². The van der Waals surface area contributed by atoms with E-state index in [2.05, 4.69) is 32.9 Å². The molecule has 0 bridgehead atoms. The molecule has 1 N–H and O–H groups in total. The smallest absolute Gasteiger partial charge is 0.810 e. The molecule has 1 aromatic rings. The second-order valence-corrected chi connectivity index (χ2v) is 10.6. The van der Waals surface area contributed by atoms with Gasteiger partial charge in [-0.05, 0) is 51.2 Å². The van der Waals surface area contributed by atoms with Gasteiger partial charge in [0.1, 0.15) is 7.60 Å². The minimum atomic E-state index is -5.45. The maximum Gasteiger partial charge on any atom is 1.00 e. The van der Waals surface area contributed by atoms with Crippen molar-refractivity contribution >= 4 is 27.3 Å². The average molecular weight is 529 g/mol. The topological polar surface area (TPSA) is 124 Å². The monoisotopic (exact) mass is 528 g/mol. The van der Waals surface area contributed by atoms with E-state index in [9.17, 15) is 23.8 Å². The van der Waals surface area contributed by atoms with Gasteiger partial charge in [0.15, 0.2) is 0 Å². The van der Waals surface area contributed by atoms with Crippen LogP contribution in [-0.4, -0.2) is 10.3 Å². The van der Waals surface area contributed by atoms with Crippen LogP contribution in [0.2, 0.25) is 0 Å². The van der Waals surface area contributed by atoms with E-state index in [4.69, 9.17) is 4.89 Å². The molecule has 0 spiro atoms. The summed E-state index contributed by atoms with van der Waals surface area (Å²) in [5.74, 6) is 0. The Labute approximate surface area is 307 Å². The summed E-state index contributed by atoms with van der Waals surface area (Å²) >= 11 is 0. The molecule has 11 heteroatoms. The van der Waals surface area contributed by atoms with Crippen molar-refractivity contribution in [2.24, 2.45) is 0 Å². The molecule has 0 radical (unpaired) electrons. The predicted octanol–water partition coefficient (Wildman–Crippen LogP) is -5.96. The molecule has 0 fully saturated rings. The first kappa shape index (κ1) is 38.2. The Morgan fingerprint density at radius 1 is 1.00 bits per heavy atom. The molecular formula is C19H25K3O6P2. The standard InChI is InChI=1S/C19H28O6P2.3K/c1-15(2)6-4-7-16(3)14-18-12-10-17(11-13-18)8-5-9-19(26(20,21)22)27(23,24)25;;;/h5-6,8,10-14,19H,4,7,9H2,1-3H3,(H2,20,21,22)(H2,23,24,25);;;/q;3*+1/p-3/b8-5+,16-14+;;;. The van der Waals surface area contributed by atoms with Gasteiger partial charge in [-0.1, -0.05) is 67.3 Å². The van der Waals surface area contributed by atoms with Gasteiger partial charge in [-0.15, -0.1) is 0 Å². The van der Waals surface area contributed by atoms with E-state index in [-0.39, 0.29) is 154 Å².